The number of fused-ring (bicyclic) bond motifs is 1. The molecule has 0 aliphatic rings. The second kappa shape index (κ2) is 7.36. The lowest BCUT2D eigenvalue weighted by Gasteiger charge is -2.09. The van der Waals surface area contributed by atoms with E-state index >= 15 is 0 Å². The fourth-order valence-corrected chi connectivity index (χ4v) is 2.65. The summed E-state index contributed by atoms with van der Waals surface area (Å²) in [6.45, 7) is 0. The third-order valence-corrected chi connectivity index (χ3v) is 4.03. The Labute approximate surface area is 160 Å². The van der Waals surface area contributed by atoms with Gasteiger partial charge >= 0.3 is 0 Å². The number of nitrogens with one attached hydrogen (secondary N) is 1. The molecule has 1 N–H and O–H groups in total. The average Bonchev–Trinajstić information content (AvgIpc) is 3.18. The maximum absolute atomic E-state index is 12.6. The first-order chi connectivity index (χ1) is 13.7. The minimum Gasteiger partial charge on any atom is -0.497 e. The van der Waals surface area contributed by atoms with E-state index in [1.807, 2.05) is 0 Å². The first kappa shape index (κ1) is 17.5. The molecule has 4 rings (SSSR count). The molecule has 28 heavy (non-hydrogen) atoms. The van der Waals surface area contributed by atoms with Crippen molar-refractivity contribution in [1.82, 2.24) is 15.0 Å². The molecule has 140 valence electrons. The molecule has 0 saturated heterocycles. The van der Waals surface area contributed by atoms with Crippen molar-refractivity contribution in [3.8, 4) is 23.0 Å². The zero-order chi connectivity index (χ0) is 19.5. The Morgan fingerprint density at radius 3 is 2.50 bits per heavy atom. The van der Waals surface area contributed by atoms with Crippen LogP contribution in [0.25, 0.3) is 22.7 Å². The van der Waals surface area contributed by atoms with E-state index in [0.717, 1.165) is 0 Å². The minimum atomic E-state index is -0.346. The highest BCUT2D eigenvalue weighted by atomic mass is 16.5. The van der Waals surface area contributed by atoms with Gasteiger partial charge in [-0.25, -0.2) is 9.97 Å². The number of aromatic nitrogens is 3. The van der Waals surface area contributed by atoms with E-state index in [1.54, 1.807) is 54.9 Å². The molecule has 0 saturated carbocycles. The van der Waals surface area contributed by atoms with Gasteiger partial charge in [0.1, 0.15) is 17.3 Å². The molecule has 0 fully saturated rings. The monoisotopic (exact) mass is 376 g/mol. The lowest BCUT2D eigenvalue weighted by molar-refractivity contribution is 0.102. The predicted octanol–water partition coefficient (Wildman–Crippen LogP) is 3.55. The lowest BCUT2D eigenvalue weighted by Crippen LogP contribution is -2.13. The van der Waals surface area contributed by atoms with Crippen molar-refractivity contribution in [3.05, 3.63) is 60.4 Å². The van der Waals surface area contributed by atoms with Crippen LogP contribution in [0, 0.1) is 0 Å². The SMILES string of the molecule is COc1cc(OC)cc(C(=O)Nc2cc(-c3nc4ncccc4o3)ccn2)c1. The number of hydrogen-bond donors (Lipinski definition) is 1. The summed E-state index contributed by atoms with van der Waals surface area (Å²) in [6.07, 6.45) is 3.22. The van der Waals surface area contributed by atoms with Crippen LogP contribution in [0.2, 0.25) is 0 Å². The number of hydrogen-bond acceptors (Lipinski definition) is 7. The average molecular weight is 376 g/mol. The number of oxazole rings is 1. The molecule has 4 aromatic rings. The third-order valence-electron chi connectivity index (χ3n) is 4.03. The first-order valence-corrected chi connectivity index (χ1v) is 8.38. The van der Waals surface area contributed by atoms with Gasteiger partial charge in [0.25, 0.3) is 5.91 Å². The smallest absolute Gasteiger partial charge is 0.257 e. The summed E-state index contributed by atoms with van der Waals surface area (Å²) in [5.74, 6) is 1.45. The summed E-state index contributed by atoms with van der Waals surface area (Å²) >= 11 is 0. The van der Waals surface area contributed by atoms with Gasteiger partial charge in [-0.15, -0.1) is 0 Å². The summed E-state index contributed by atoms with van der Waals surface area (Å²) in [5, 5.41) is 2.76. The molecule has 1 amide bonds. The molecule has 0 unspecified atom stereocenters. The standard InChI is InChI=1S/C20H16N4O4/c1-26-14-8-13(9-15(11-14)27-2)19(25)23-17-10-12(5-7-21-17)20-24-18-16(28-20)4-3-6-22-18/h3-11H,1-2H3,(H,21,23,25). The number of carbonyl (C=O) groups excluding carboxylic acids is 1. The van der Waals surface area contributed by atoms with Crippen LogP contribution >= 0.6 is 0 Å². The van der Waals surface area contributed by atoms with Crippen molar-refractivity contribution in [1.29, 1.82) is 0 Å². The number of amides is 1. The molecule has 0 atom stereocenters. The topological polar surface area (TPSA) is 99.4 Å². The number of rotatable bonds is 5. The number of pyridine rings is 2. The van der Waals surface area contributed by atoms with Crippen LogP contribution in [-0.2, 0) is 0 Å². The van der Waals surface area contributed by atoms with Gasteiger partial charge in [-0.2, -0.15) is 4.98 Å². The number of benzene rings is 1. The molecular weight excluding hydrogens is 360 g/mol. The highest BCUT2D eigenvalue weighted by molar-refractivity contribution is 6.04. The second-order valence-corrected chi connectivity index (χ2v) is 5.83. The Kier molecular flexibility index (Phi) is 4.59. The van der Waals surface area contributed by atoms with E-state index in [9.17, 15) is 4.79 Å². The molecule has 0 aliphatic heterocycles. The van der Waals surface area contributed by atoms with Gasteiger partial charge in [0, 0.05) is 29.6 Å². The summed E-state index contributed by atoms with van der Waals surface area (Å²) in [7, 11) is 3.05. The number of anilines is 1. The van der Waals surface area contributed by atoms with Crippen molar-refractivity contribution < 1.29 is 18.7 Å². The molecule has 8 heteroatoms. The predicted molar refractivity (Wildman–Crippen MR) is 103 cm³/mol. The largest absolute Gasteiger partial charge is 0.497 e. The van der Waals surface area contributed by atoms with E-state index in [0.29, 0.717) is 45.6 Å². The van der Waals surface area contributed by atoms with Crippen molar-refractivity contribution in [2.45, 2.75) is 0 Å². The second-order valence-electron chi connectivity index (χ2n) is 5.83. The Balaban J connectivity index is 1.60. The van der Waals surface area contributed by atoms with Gasteiger partial charge in [-0.1, -0.05) is 0 Å². The van der Waals surface area contributed by atoms with Crippen LogP contribution in [0.4, 0.5) is 5.82 Å². The molecule has 8 nitrogen and oxygen atoms in total. The molecule has 0 bridgehead atoms. The summed E-state index contributed by atoms with van der Waals surface area (Å²) < 4.78 is 16.1. The molecule has 0 spiro atoms. The van der Waals surface area contributed by atoms with E-state index in [-0.39, 0.29) is 5.91 Å². The maximum Gasteiger partial charge on any atom is 0.257 e. The number of ether oxygens (including phenoxy) is 2. The number of carbonyl (C=O) groups is 1. The van der Waals surface area contributed by atoms with E-state index in [1.165, 1.54) is 14.2 Å². The van der Waals surface area contributed by atoms with Crippen molar-refractivity contribution in [2.24, 2.45) is 0 Å². The van der Waals surface area contributed by atoms with E-state index < -0.39 is 0 Å². The Morgan fingerprint density at radius 1 is 1.00 bits per heavy atom. The maximum atomic E-state index is 12.6. The Morgan fingerprint density at radius 2 is 1.79 bits per heavy atom. The number of methoxy groups -OCH3 is 2. The van der Waals surface area contributed by atoms with Crippen LogP contribution in [0.3, 0.4) is 0 Å². The van der Waals surface area contributed by atoms with Gasteiger partial charge in [-0.05, 0) is 36.4 Å². The van der Waals surface area contributed by atoms with E-state index in [4.69, 9.17) is 13.9 Å². The molecule has 1 aromatic carbocycles. The first-order valence-electron chi connectivity index (χ1n) is 8.38. The van der Waals surface area contributed by atoms with Gasteiger partial charge in [0.2, 0.25) is 5.89 Å². The zero-order valence-electron chi connectivity index (χ0n) is 15.2. The minimum absolute atomic E-state index is 0.346. The lowest BCUT2D eigenvalue weighted by atomic mass is 10.2. The Bertz CT molecular complexity index is 1100. The van der Waals surface area contributed by atoms with Crippen LogP contribution in [0.1, 0.15) is 10.4 Å². The molecule has 3 aromatic heterocycles. The molecule has 0 radical (unpaired) electrons. The highest BCUT2D eigenvalue weighted by Gasteiger charge is 2.13. The quantitative estimate of drug-likeness (QED) is 0.568. The molecule has 0 aliphatic carbocycles. The van der Waals surface area contributed by atoms with Crippen LogP contribution < -0.4 is 14.8 Å². The van der Waals surface area contributed by atoms with Crippen LogP contribution in [0.15, 0.2) is 59.3 Å². The van der Waals surface area contributed by atoms with Crippen molar-refractivity contribution in [2.75, 3.05) is 19.5 Å². The zero-order valence-corrected chi connectivity index (χ0v) is 15.2. The van der Waals surface area contributed by atoms with Gasteiger partial charge in [-0.3, -0.25) is 4.79 Å². The van der Waals surface area contributed by atoms with Gasteiger partial charge < -0.3 is 19.2 Å². The number of nitrogens with zero attached hydrogens (tertiary/aromatic N) is 3. The van der Waals surface area contributed by atoms with Crippen molar-refractivity contribution >= 4 is 23.0 Å². The van der Waals surface area contributed by atoms with Crippen LogP contribution in [0.5, 0.6) is 11.5 Å². The fourth-order valence-electron chi connectivity index (χ4n) is 2.65. The van der Waals surface area contributed by atoms with Crippen molar-refractivity contribution in [3.63, 3.8) is 0 Å². The third kappa shape index (κ3) is 3.48. The van der Waals surface area contributed by atoms with Gasteiger partial charge in [0.15, 0.2) is 11.2 Å². The van der Waals surface area contributed by atoms with Crippen LogP contribution in [-0.4, -0.2) is 35.1 Å². The van der Waals surface area contributed by atoms with E-state index in [2.05, 4.69) is 20.3 Å². The Hall–Kier alpha value is -3.94. The summed E-state index contributed by atoms with van der Waals surface area (Å²) in [5.41, 5.74) is 2.16. The molecular formula is C20H16N4O4. The molecule has 3 heterocycles. The van der Waals surface area contributed by atoms with Gasteiger partial charge in [0.05, 0.1) is 14.2 Å². The summed E-state index contributed by atoms with van der Waals surface area (Å²) in [4.78, 5) is 25.3. The summed E-state index contributed by atoms with van der Waals surface area (Å²) in [6, 6.07) is 11.9. The normalized spacial score (nSPS) is 10.6. The highest BCUT2D eigenvalue weighted by Crippen LogP contribution is 2.26. The fraction of sp³-hybridized carbons (Fsp3) is 0.100.